The Kier molecular flexibility index (Phi) is 4.20. The van der Waals surface area contributed by atoms with Crippen LogP contribution in [0.5, 0.6) is 0 Å². The highest BCUT2D eigenvalue weighted by Crippen LogP contribution is 2.29. The molecular formula is C13H26N2S. The second-order valence-corrected chi connectivity index (χ2v) is 7.12. The second-order valence-electron chi connectivity index (χ2n) is 5.71. The zero-order valence-corrected chi connectivity index (χ0v) is 11.8. The lowest BCUT2D eigenvalue weighted by molar-refractivity contribution is 0.0935. The van der Waals surface area contributed by atoms with Crippen LogP contribution < -0.4 is 5.32 Å². The van der Waals surface area contributed by atoms with Crippen LogP contribution in [0.15, 0.2) is 0 Å². The van der Waals surface area contributed by atoms with E-state index in [9.17, 15) is 0 Å². The van der Waals surface area contributed by atoms with E-state index in [1.807, 2.05) is 0 Å². The Labute approximate surface area is 105 Å². The SMILES string of the molecule is CCC1(C)CN(CC2CCCS2)C(C)CN1. The van der Waals surface area contributed by atoms with E-state index >= 15 is 0 Å². The van der Waals surface area contributed by atoms with Gasteiger partial charge >= 0.3 is 0 Å². The Balaban J connectivity index is 1.90. The molecule has 0 aromatic carbocycles. The first-order valence-electron chi connectivity index (χ1n) is 6.73. The van der Waals surface area contributed by atoms with Gasteiger partial charge in [0.05, 0.1) is 0 Å². The van der Waals surface area contributed by atoms with E-state index in [4.69, 9.17) is 0 Å². The van der Waals surface area contributed by atoms with Gasteiger partial charge in [0.25, 0.3) is 0 Å². The molecule has 2 heterocycles. The number of rotatable bonds is 3. The van der Waals surface area contributed by atoms with Crippen LogP contribution in [0.4, 0.5) is 0 Å². The average Bonchev–Trinajstić information content (AvgIpc) is 2.77. The zero-order chi connectivity index (χ0) is 11.6. The molecule has 3 unspecified atom stereocenters. The molecule has 0 saturated carbocycles. The number of nitrogens with one attached hydrogen (secondary N) is 1. The van der Waals surface area contributed by atoms with Crippen molar-refractivity contribution in [1.82, 2.24) is 10.2 Å². The van der Waals surface area contributed by atoms with Crippen LogP contribution in [0.2, 0.25) is 0 Å². The van der Waals surface area contributed by atoms with Crippen molar-refractivity contribution < 1.29 is 0 Å². The molecule has 0 aliphatic carbocycles. The van der Waals surface area contributed by atoms with Crippen LogP contribution in [0.25, 0.3) is 0 Å². The number of thioether (sulfide) groups is 1. The molecule has 2 aliphatic heterocycles. The molecule has 0 spiro atoms. The highest BCUT2D eigenvalue weighted by Gasteiger charge is 2.33. The van der Waals surface area contributed by atoms with E-state index < -0.39 is 0 Å². The molecule has 0 aromatic heterocycles. The van der Waals surface area contributed by atoms with Crippen LogP contribution in [0, 0.1) is 0 Å². The Morgan fingerprint density at radius 1 is 1.50 bits per heavy atom. The fraction of sp³-hybridized carbons (Fsp3) is 1.00. The van der Waals surface area contributed by atoms with E-state index in [1.54, 1.807) is 0 Å². The van der Waals surface area contributed by atoms with Crippen molar-refractivity contribution in [3.8, 4) is 0 Å². The van der Waals surface area contributed by atoms with Gasteiger partial charge in [-0.05, 0) is 38.9 Å². The molecule has 0 radical (unpaired) electrons. The highest BCUT2D eigenvalue weighted by molar-refractivity contribution is 8.00. The van der Waals surface area contributed by atoms with Gasteiger partial charge in [0, 0.05) is 36.5 Å². The normalized spacial score (nSPS) is 41.4. The first-order chi connectivity index (χ1) is 7.63. The van der Waals surface area contributed by atoms with Gasteiger partial charge in [0.2, 0.25) is 0 Å². The highest BCUT2D eigenvalue weighted by atomic mass is 32.2. The molecule has 2 nitrogen and oxygen atoms in total. The van der Waals surface area contributed by atoms with E-state index in [2.05, 4.69) is 42.7 Å². The van der Waals surface area contributed by atoms with Crippen LogP contribution in [0.1, 0.15) is 40.0 Å². The molecule has 94 valence electrons. The first-order valence-corrected chi connectivity index (χ1v) is 7.78. The summed E-state index contributed by atoms with van der Waals surface area (Å²) < 4.78 is 0. The molecule has 1 N–H and O–H groups in total. The fourth-order valence-corrected chi connectivity index (χ4v) is 4.01. The topological polar surface area (TPSA) is 15.3 Å². The predicted molar refractivity (Wildman–Crippen MR) is 73.2 cm³/mol. The summed E-state index contributed by atoms with van der Waals surface area (Å²) in [5.74, 6) is 1.39. The van der Waals surface area contributed by atoms with Crippen molar-refractivity contribution in [1.29, 1.82) is 0 Å². The molecule has 0 amide bonds. The molecule has 2 aliphatic rings. The number of hydrogen-bond donors (Lipinski definition) is 1. The van der Waals surface area contributed by atoms with E-state index in [0.29, 0.717) is 11.6 Å². The van der Waals surface area contributed by atoms with Gasteiger partial charge in [-0.2, -0.15) is 11.8 Å². The molecule has 2 fully saturated rings. The third kappa shape index (κ3) is 2.93. The number of hydrogen-bond acceptors (Lipinski definition) is 3. The minimum Gasteiger partial charge on any atom is -0.309 e. The molecule has 2 rings (SSSR count). The molecule has 16 heavy (non-hydrogen) atoms. The maximum Gasteiger partial charge on any atom is 0.0278 e. The first kappa shape index (κ1) is 12.7. The standard InChI is InChI=1S/C13H26N2S/c1-4-13(3)10-15(11(2)8-14-13)9-12-6-5-7-16-12/h11-12,14H,4-10H2,1-3H3. The molecule has 0 bridgehead atoms. The van der Waals surface area contributed by atoms with Crippen molar-refractivity contribution >= 4 is 11.8 Å². The van der Waals surface area contributed by atoms with Gasteiger partial charge in [-0.25, -0.2) is 0 Å². The van der Waals surface area contributed by atoms with Crippen LogP contribution in [-0.4, -0.2) is 47.1 Å². The summed E-state index contributed by atoms with van der Waals surface area (Å²) in [6.45, 7) is 10.7. The fourth-order valence-electron chi connectivity index (χ4n) is 2.71. The summed E-state index contributed by atoms with van der Waals surface area (Å²) >= 11 is 2.18. The summed E-state index contributed by atoms with van der Waals surface area (Å²) in [5, 5.41) is 4.61. The summed E-state index contributed by atoms with van der Waals surface area (Å²) in [6.07, 6.45) is 4.10. The monoisotopic (exact) mass is 242 g/mol. The van der Waals surface area contributed by atoms with Crippen molar-refractivity contribution in [2.45, 2.75) is 56.9 Å². The summed E-state index contributed by atoms with van der Waals surface area (Å²) in [5.41, 5.74) is 0.343. The Hall–Kier alpha value is 0.270. The van der Waals surface area contributed by atoms with Crippen molar-refractivity contribution in [3.05, 3.63) is 0 Å². The van der Waals surface area contributed by atoms with Gasteiger partial charge in [0.1, 0.15) is 0 Å². The molecule has 3 heteroatoms. The maximum absolute atomic E-state index is 3.70. The summed E-state index contributed by atoms with van der Waals surface area (Å²) in [7, 11) is 0. The van der Waals surface area contributed by atoms with Gasteiger partial charge < -0.3 is 5.32 Å². The Morgan fingerprint density at radius 3 is 2.94 bits per heavy atom. The van der Waals surface area contributed by atoms with Gasteiger partial charge in [-0.1, -0.05) is 6.92 Å². The second kappa shape index (κ2) is 5.28. The number of nitrogens with zero attached hydrogens (tertiary/aromatic N) is 1. The smallest absolute Gasteiger partial charge is 0.0278 e. The predicted octanol–water partition coefficient (Wildman–Crippen LogP) is 2.34. The molecule has 3 atom stereocenters. The summed E-state index contributed by atoms with van der Waals surface area (Å²) in [4.78, 5) is 2.71. The van der Waals surface area contributed by atoms with Gasteiger partial charge in [0.15, 0.2) is 0 Å². The molecule has 0 aromatic rings. The van der Waals surface area contributed by atoms with Crippen molar-refractivity contribution in [2.75, 3.05) is 25.4 Å². The lowest BCUT2D eigenvalue weighted by Crippen LogP contribution is -2.62. The lowest BCUT2D eigenvalue weighted by atomic mass is 9.93. The van der Waals surface area contributed by atoms with Crippen molar-refractivity contribution in [3.63, 3.8) is 0 Å². The van der Waals surface area contributed by atoms with Crippen LogP contribution in [-0.2, 0) is 0 Å². The lowest BCUT2D eigenvalue weighted by Gasteiger charge is -2.45. The van der Waals surface area contributed by atoms with Crippen LogP contribution in [0.3, 0.4) is 0 Å². The summed E-state index contributed by atoms with van der Waals surface area (Å²) in [6, 6.07) is 0.709. The third-order valence-electron chi connectivity index (χ3n) is 4.24. The van der Waals surface area contributed by atoms with Crippen molar-refractivity contribution in [2.24, 2.45) is 0 Å². The average molecular weight is 242 g/mol. The largest absolute Gasteiger partial charge is 0.309 e. The molecular weight excluding hydrogens is 216 g/mol. The van der Waals surface area contributed by atoms with E-state index in [-0.39, 0.29) is 0 Å². The van der Waals surface area contributed by atoms with E-state index in [0.717, 1.165) is 11.8 Å². The quantitative estimate of drug-likeness (QED) is 0.818. The minimum atomic E-state index is 0.343. The maximum atomic E-state index is 3.70. The zero-order valence-electron chi connectivity index (χ0n) is 11.0. The van der Waals surface area contributed by atoms with Gasteiger partial charge in [-0.3, -0.25) is 4.90 Å². The number of piperazine rings is 1. The van der Waals surface area contributed by atoms with Crippen LogP contribution >= 0.6 is 11.8 Å². The minimum absolute atomic E-state index is 0.343. The Morgan fingerprint density at radius 2 is 2.31 bits per heavy atom. The molecule has 2 saturated heterocycles. The van der Waals surface area contributed by atoms with Gasteiger partial charge in [-0.15, -0.1) is 0 Å². The Bertz CT molecular complexity index is 228. The van der Waals surface area contributed by atoms with E-state index in [1.165, 1.54) is 38.1 Å². The third-order valence-corrected chi connectivity index (χ3v) is 5.62.